The van der Waals surface area contributed by atoms with Crippen LogP contribution in [0.3, 0.4) is 0 Å². The lowest BCUT2D eigenvalue weighted by atomic mass is 9.99. The first-order valence-electron chi connectivity index (χ1n) is 4.14. The molecule has 0 saturated heterocycles. The second-order valence-corrected chi connectivity index (χ2v) is 3.54. The third-order valence-electron chi connectivity index (χ3n) is 2.10. The Balaban J connectivity index is 4.74. The van der Waals surface area contributed by atoms with E-state index in [1.54, 1.807) is 0 Å². The number of rotatable bonds is 2. The molecular weight excluding hydrogens is 154 g/mol. The molecule has 3 nitrogen and oxygen atoms in total. The molecule has 0 aliphatic rings. The standard InChI is InChI=1S/C9H17NO2/c1-6-9(4,5)10(7(2)11)8(3)12/h6H2,1-5H3. The van der Waals surface area contributed by atoms with Crippen LogP contribution in [-0.4, -0.2) is 22.3 Å². The Hall–Kier alpha value is -0.860. The van der Waals surface area contributed by atoms with Crippen molar-refractivity contribution in [1.82, 2.24) is 4.90 Å². The van der Waals surface area contributed by atoms with Gasteiger partial charge in [-0.2, -0.15) is 0 Å². The monoisotopic (exact) mass is 171 g/mol. The quantitative estimate of drug-likeness (QED) is 0.632. The van der Waals surface area contributed by atoms with E-state index in [1.165, 1.54) is 18.7 Å². The molecule has 0 atom stereocenters. The third kappa shape index (κ3) is 2.32. The fourth-order valence-corrected chi connectivity index (χ4v) is 1.23. The maximum absolute atomic E-state index is 11.1. The van der Waals surface area contributed by atoms with Gasteiger partial charge in [-0.3, -0.25) is 14.5 Å². The summed E-state index contributed by atoms with van der Waals surface area (Å²) >= 11 is 0. The SMILES string of the molecule is CCC(C)(C)N(C(C)=O)C(C)=O. The first-order valence-corrected chi connectivity index (χ1v) is 4.14. The van der Waals surface area contributed by atoms with Gasteiger partial charge in [0.25, 0.3) is 0 Å². The van der Waals surface area contributed by atoms with Crippen molar-refractivity contribution in [3.8, 4) is 0 Å². The predicted octanol–water partition coefficient (Wildman–Crippen LogP) is 1.57. The molecule has 0 bridgehead atoms. The van der Waals surface area contributed by atoms with Crippen molar-refractivity contribution in [2.75, 3.05) is 0 Å². The second-order valence-electron chi connectivity index (χ2n) is 3.54. The molecule has 0 aromatic heterocycles. The van der Waals surface area contributed by atoms with Crippen LogP contribution in [0.1, 0.15) is 41.0 Å². The molecule has 12 heavy (non-hydrogen) atoms. The van der Waals surface area contributed by atoms with E-state index in [-0.39, 0.29) is 17.4 Å². The number of amides is 2. The molecule has 70 valence electrons. The summed E-state index contributed by atoms with van der Waals surface area (Å²) in [6.07, 6.45) is 0.770. The topological polar surface area (TPSA) is 37.4 Å². The average Bonchev–Trinajstić information content (AvgIpc) is 1.84. The van der Waals surface area contributed by atoms with Crippen molar-refractivity contribution in [3.63, 3.8) is 0 Å². The van der Waals surface area contributed by atoms with Crippen LogP contribution >= 0.6 is 0 Å². The zero-order valence-electron chi connectivity index (χ0n) is 8.47. The van der Waals surface area contributed by atoms with Crippen LogP contribution in [-0.2, 0) is 9.59 Å². The van der Waals surface area contributed by atoms with Crippen molar-refractivity contribution < 1.29 is 9.59 Å². The number of carbonyl (C=O) groups excluding carboxylic acids is 2. The van der Waals surface area contributed by atoms with E-state index < -0.39 is 0 Å². The van der Waals surface area contributed by atoms with Crippen molar-refractivity contribution in [2.45, 2.75) is 46.6 Å². The van der Waals surface area contributed by atoms with E-state index in [9.17, 15) is 9.59 Å². The smallest absolute Gasteiger partial charge is 0.226 e. The summed E-state index contributed by atoms with van der Waals surface area (Å²) in [5.41, 5.74) is -0.363. The average molecular weight is 171 g/mol. The van der Waals surface area contributed by atoms with Gasteiger partial charge in [-0.15, -0.1) is 0 Å². The minimum absolute atomic E-state index is 0.186. The Bertz CT molecular complexity index is 183. The van der Waals surface area contributed by atoms with Gasteiger partial charge in [0.1, 0.15) is 0 Å². The van der Waals surface area contributed by atoms with Gasteiger partial charge < -0.3 is 0 Å². The number of hydrogen-bond donors (Lipinski definition) is 0. The number of carbonyl (C=O) groups is 2. The van der Waals surface area contributed by atoms with Gasteiger partial charge >= 0.3 is 0 Å². The number of hydrogen-bond acceptors (Lipinski definition) is 2. The molecule has 0 heterocycles. The van der Waals surface area contributed by atoms with Crippen LogP contribution in [0.5, 0.6) is 0 Å². The molecule has 0 aliphatic carbocycles. The van der Waals surface area contributed by atoms with E-state index in [0.717, 1.165) is 6.42 Å². The predicted molar refractivity (Wildman–Crippen MR) is 47.6 cm³/mol. The molecule has 0 radical (unpaired) electrons. The molecule has 0 aromatic rings. The summed E-state index contributed by atoms with van der Waals surface area (Å²) in [4.78, 5) is 23.5. The van der Waals surface area contributed by atoms with Crippen molar-refractivity contribution in [1.29, 1.82) is 0 Å². The molecule has 3 heteroatoms. The maximum atomic E-state index is 11.1. The van der Waals surface area contributed by atoms with E-state index in [2.05, 4.69) is 0 Å². The molecule has 0 aliphatic heterocycles. The summed E-state index contributed by atoms with van der Waals surface area (Å²) in [5, 5.41) is 0. The zero-order chi connectivity index (χ0) is 9.94. The van der Waals surface area contributed by atoms with E-state index in [4.69, 9.17) is 0 Å². The summed E-state index contributed by atoms with van der Waals surface area (Å²) < 4.78 is 0. The largest absolute Gasteiger partial charge is 0.277 e. The highest BCUT2D eigenvalue weighted by Crippen LogP contribution is 2.18. The van der Waals surface area contributed by atoms with Gasteiger partial charge in [-0.25, -0.2) is 0 Å². The molecule has 0 fully saturated rings. The molecule has 0 saturated carbocycles. The third-order valence-corrected chi connectivity index (χ3v) is 2.10. The van der Waals surface area contributed by atoms with E-state index in [1.807, 2.05) is 20.8 Å². The Morgan fingerprint density at radius 2 is 1.50 bits per heavy atom. The maximum Gasteiger partial charge on any atom is 0.226 e. The minimum Gasteiger partial charge on any atom is -0.277 e. The molecule has 0 rings (SSSR count). The van der Waals surface area contributed by atoms with Crippen LogP contribution in [0.25, 0.3) is 0 Å². The van der Waals surface area contributed by atoms with Gasteiger partial charge in [0.2, 0.25) is 11.8 Å². The van der Waals surface area contributed by atoms with Crippen LogP contribution in [0, 0.1) is 0 Å². The van der Waals surface area contributed by atoms with Gasteiger partial charge in [-0.1, -0.05) is 6.92 Å². The Kier molecular flexibility index (Phi) is 3.43. The molecular formula is C9H17NO2. The van der Waals surface area contributed by atoms with E-state index >= 15 is 0 Å². The zero-order valence-corrected chi connectivity index (χ0v) is 8.47. The highest BCUT2D eigenvalue weighted by Gasteiger charge is 2.29. The Morgan fingerprint density at radius 1 is 1.17 bits per heavy atom. The lowest BCUT2D eigenvalue weighted by Gasteiger charge is -2.34. The summed E-state index contributed by atoms with van der Waals surface area (Å²) in [7, 11) is 0. The second kappa shape index (κ2) is 3.70. The molecule has 0 N–H and O–H groups in total. The molecule has 0 unspecified atom stereocenters. The summed E-state index contributed by atoms with van der Waals surface area (Å²) in [5.74, 6) is -0.372. The lowest BCUT2D eigenvalue weighted by Crippen LogP contribution is -2.49. The Morgan fingerprint density at radius 3 is 1.58 bits per heavy atom. The van der Waals surface area contributed by atoms with Crippen molar-refractivity contribution in [2.24, 2.45) is 0 Å². The van der Waals surface area contributed by atoms with Crippen molar-refractivity contribution in [3.05, 3.63) is 0 Å². The molecule has 2 amide bonds. The van der Waals surface area contributed by atoms with Crippen molar-refractivity contribution >= 4 is 11.8 Å². The Labute approximate surface area is 73.7 Å². The van der Waals surface area contributed by atoms with Gasteiger partial charge in [-0.05, 0) is 20.3 Å². The van der Waals surface area contributed by atoms with Crippen LogP contribution in [0.15, 0.2) is 0 Å². The fraction of sp³-hybridized carbons (Fsp3) is 0.778. The first kappa shape index (κ1) is 11.1. The van der Waals surface area contributed by atoms with Crippen LogP contribution in [0.2, 0.25) is 0 Å². The highest BCUT2D eigenvalue weighted by molar-refractivity contribution is 5.93. The molecule has 0 aromatic carbocycles. The fourth-order valence-electron chi connectivity index (χ4n) is 1.23. The van der Waals surface area contributed by atoms with Crippen LogP contribution in [0.4, 0.5) is 0 Å². The highest BCUT2D eigenvalue weighted by atomic mass is 16.2. The number of imide groups is 1. The molecule has 0 spiro atoms. The summed E-state index contributed by atoms with van der Waals surface area (Å²) in [6, 6.07) is 0. The van der Waals surface area contributed by atoms with Crippen LogP contribution < -0.4 is 0 Å². The minimum atomic E-state index is -0.363. The summed E-state index contributed by atoms with van der Waals surface area (Å²) in [6.45, 7) is 8.56. The number of nitrogens with zero attached hydrogens (tertiary/aromatic N) is 1. The van der Waals surface area contributed by atoms with E-state index in [0.29, 0.717) is 0 Å². The lowest BCUT2D eigenvalue weighted by molar-refractivity contribution is -0.148. The van der Waals surface area contributed by atoms with Gasteiger partial charge in [0.15, 0.2) is 0 Å². The first-order chi connectivity index (χ1) is 5.33. The normalized spacial score (nSPS) is 11.1. The van der Waals surface area contributed by atoms with Gasteiger partial charge in [0.05, 0.1) is 0 Å². The van der Waals surface area contributed by atoms with Gasteiger partial charge in [0, 0.05) is 19.4 Å².